The molecule has 0 heterocycles. The van der Waals surface area contributed by atoms with Crippen molar-refractivity contribution in [3.8, 4) is 0 Å². The molecule has 2 unspecified atom stereocenters. The first-order chi connectivity index (χ1) is 15.0. The molecule has 0 aromatic heterocycles. The van der Waals surface area contributed by atoms with E-state index in [-0.39, 0.29) is 31.5 Å². The van der Waals surface area contributed by atoms with Crippen LogP contribution in [0.15, 0.2) is 60.7 Å². The smallest absolute Gasteiger partial charge is 0.408 e. The predicted molar refractivity (Wildman–Crippen MR) is 117 cm³/mol. The fourth-order valence-electron chi connectivity index (χ4n) is 2.80. The summed E-state index contributed by atoms with van der Waals surface area (Å²) in [5, 5.41) is 5.20. The third-order valence-corrected chi connectivity index (χ3v) is 4.82. The molecule has 0 aliphatic heterocycles. The van der Waals surface area contributed by atoms with E-state index in [9.17, 15) is 14.4 Å². The van der Waals surface area contributed by atoms with Crippen LogP contribution >= 0.6 is 0 Å². The van der Waals surface area contributed by atoms with E-state index in [2.05, 4.69) is 10.6 Å². The quantitative estimate of drug-likeness (QED) is 0.544. The molecule has 0 spiro atoms. The van der Waals surface area contributed by atoms with Gasteiger partial charge in [0.1, 0.15) is 19.3 Å². The molecule has 2 atom stereocenters. The Hall–Kier alpha value is -3.19. The van der Waals surface area contributed by atoms with Crippen LogP contribution in [-0.4, -0.2) is 37.0 Å². The summed E-state index contributed by atoms with van der Waals surface area (Å²) in [4.78, 5) is 36.8. The maximum Gasteiger partial charge on any atom is 0.408 e. The molecule has 0 fully saturated rings. The van der Waals surface area contributed by atoms with Gasteiger partial charge in [0.25, 0.3) is 0 Å². The minimum atomic E-state index is -0.800. The average Bonchev–Trinajstić information content (AvgIpc) is 2.80. The number of ether oxygens (including phenoxy) is 2. The summed E-state index contributed by atoms with van der Waals surface area (Å²) in [6.45, 7) is 3.94. The van der Waals surface area contributed by atoms with E-state index in [1.165, 1.54) is 0 Å². The highest BCUT2D eigenvalue weighted by molar-refractivity contribution is 5.90. The van der Waals surface area contributed by atoms with E-state index in [1.54, 1.807) is 0 Å². The molecule has 0 aliphatic rings. The van der Waals surface area contributed by atoms with E-state index < -0.39 is 18.0 Å². The van der Waals surface area contributed by atoms with Crippen molar-refractivity contribution in [3.05, 3.63) is 71.8 Å². The van der Waals surface area contributed by atoms with E-state index in [4.69, 9.17) is 9.47 Å². The number of rotatable bonds is 12. The predicted octanol–water partition coefficient (Wildman–Crippen LogP) is 3.23. The molecular formula is C24H30N2O5. The first-order valence-electron chi connectivity index (χ1n) is 10.4. The summed E-state index contributed by atoms with van der Waals surface area (Å²) in [7, 11) is 0. The molecular weight excluding hydrogens is 396 g/mol. The molecule has 2 aromatic carbocycles. The van der Waals surface area contributed by atoms with Crippen LogP contribution in [0.2, 0.25) is 0 Å². The van der Waals surface area contributed by atoms with Crippen LogP contribution in [0.3, 0.4) is 0 Å². The highest BCUT2D eigenvalue weighted by atomic mass is 16.5. The van der Waals surface area contributed by atoms with Crippen LogP contribution in [-0.2, 0) is 32.3 Å². The van der Waals surface area contributed by atoms with Crippen LogP contribution in [0.1, 0.15) is 31.4 Å². The van der Waals surface area contributed by atoms with Gasteiger partial charge >= 0.3 is 6.09 Å². The van der Waals surface area contributed by atoms with E-state index >= 15 is 0 Å². The maximum atomic E-state index is 12.6. The number of benzene rings is 2. The topological polar surface area (TPSA) is 93.7 Å². The third kappa shape index (κ3) is 9.00. The van der Waals surface area contributed by atoms with Crippen molar-refractivity contribution >= 4 is 17.8 Å². The first-order valence-corrected chi connectivity index (χ1v) is 10.4. The molecule has 166 valence electrons. The molecule has 31 heavy (non-hydrogen) atoms. The van der Waals surface area contributed by atoms with Crippen molar-refractivity contribution in [3.63, 3.8) is 0 Å². The second-order valence-electron chi connectivity index (χ2n) is 7.30. The van der Waals surface area contributed by atoms with Gasteiger partial charge in [-0.05, 0) is 17.0 Å². The number of hydrogen-bond donors (Lipinski definition) is 2. The summed E-state index contributed by atoms with van der Waals surface area (Å²) in [5.74, 6) is -0.810. The SMILES string of the molecule is CCC(C)C(NC(=O)OCc1ccccc1)C(=O)NCC(=O)COCc1ccccc1. The van der Waals surface area contributed by atoms with Crippen molar-refractivity contribution in [2.75, 3.05) is 13.2 Å². The van der Waals surface area contributed by atoms with Gasteiger partial charge in [0.05, 0.1) is 13.2 Å². The van der Waals surface area contributed by atoms with Crippen molar-refractivity contribution in [2.24, 2.45) is 5.92 Å². The number of Topliss-reactive ketones (excluding diaryl/α,β-unsaturated/α-hetero) is 1. The average molecular weight is 427 g/mol. The normalized spacial score (nSPS) is 12.5. The van der Waals surface area contributed by atoms with Crippen LogP contribution in [0.5, 0.6) is 0 Å². The Morgan fingerprint density at radius 1 is 0.903 bits per heavy atom. The van der Waals surface area contributed by atoms with E-state index in [0.717, 1.165) is 11.1 Å². The fraction of sp³-hybridized carbons (Fsp3) is 0.375. The molecule has 2 rings (SSSR count). The lowest BCUT2D eigenvalue weighted by Gasteiger charge is -2.23. The van der Waals surface area contributed by atoms with Gasteiger partial charge in [-0.3, -0.25) is 9.59 Å². The number of amides is 2. The lowest BCUT2D eigenvalue weighted by Crippen LogP contribution is -2.51. The largest absolute Gasteiger partial charge is 0.445 e. The molecule has 2 aromatic rings. The minimum Gasteiger partial charge on any atom is -0.445 e. The van der Waals surface area contributed by atoms with Crippen LogP contribution in [0.4, 0.5) is 4.79 Å². The van der Waals surface area contributed by atoms with Gasteiger partial charge in [0.2, 0.25) is 5.91 Å². The van der Waals surface area contributed by atoms with Crippen LogP contribution in [0.25, 0.3) is 0 Å². The second-order valence-corrected chi connectivity index (χ2v) is 7.30. The summed E-state index contributed by atoms with van der Waals surface area (Å²) in [5.41, 5.74) is 1.82. The number of nitrogens with one attached hydrogen (secondary N) is 2. The van der Waals surface area contributed by atoms with Gasteiger partial charge in [-0.25, -0.2) is 4.79 Å². The number of carbonyl (C=O) groups excluding carboxylic acids is 3. The molecule has 0 saturated heterocycles. The number of alkyl carbamates (subject to hydrolysis) is 1. The molecule has 0 radical (unpaired) electrons. The number of carbonyl (C=O) groups is 3. The van der Waals surface area contributed by atoms with E-state index in [0.29, 0.717) is 13.0 Å². The zero-order valence-corrected chi connectivity index (χ0v) is 18.0. The summed E-state index contributed by atoms with van der Waals surface area (Å²) in [6.07, 6.45) is -0.00706. The molecule has 0 aliphatic carbocycles. The first kappa shape index (κ1) is 24.1. The lowest BCUT2D eigenvalue weighted by atomic mass is 9.98. The monoisotopic (exact) mass is 426 g/mol. The Balaban J connectivity index is 1.76. The molecule has 2 amide bonds. The highest BCUT2D eigenvalue weighted by Gasteiger charge is 2.26. The van der Waals surface area contributed by atoms with Gasteiger partial charge in [0.15, 0.2) is 5.78 Å². The highest BCUT2D eigenvalue weighted by Crippen LogP contribution is 2.09. The van der Waals surface area contributed by atoms with Crippen LogP contribution in [0, 0.1) is 5.92 Å². The van der Waals surface area contributed by atoms with Gasteiger partial charge in [-0.1, -0.05) is 80.9 Å². The van der Waals surface area contributed by atoms with Crippen molar-refractivity contribution in [1.29, 1.82) is 0 Å². The Kier molecular flexibility index (Phi) is 10.2. The zero-order valence-electron chi connectivity index (χ0n) is 18.0. The van der Waals surface area contributed by atoms with Gasteiger partial charge in [-0.2, -0.15) is 0 Å². The Morgan fingerprint density at radius 3 is 2.06 bits per heavy atom. The van der Waals surface area contributed by atoms with Crippen molar-refractivity contribution in [2.45, 2.75) is 39.5 Å². The number of hydrogen-bond acceptors (Lipinski definition) is 5. The lowest BCUT2D eigenvalue weighted by molar-refractivity contribution is -0.129. The van der Waals surface area contributed by atoms with Gasteiger partial charge < -0.3 is 20.1 Å². The Bertz CT molecular complexity index is 826. The third-order valence-electron chi connectivity index (χ3n) is 4.82. The molecule has 7 heteroatoms. The fourth-order valence-corrected chi connectivity index (χ4v) is 2.80. The standard InChI is InChI=1S/C24H30N2O5/c1-3-18(2)22(26-24(29)31-16-20-12-8-5-9-13-20)23(28)25-14-21(27)17-30-15-19-10-6-4-7-11-19/h4-13,18,22H,3,14-17H2,1-2H3,(H,25,28)(H,26,29). The number of ketones is 1. The maximum absolute atomic E-state index is 12.6. The second kappa shape index (κ2) is 13.2. The minimum absolute atomic E-state index is 0.101. The van der Waals surface area contributed by atoms with E-state index in [1.807, 2.05) is 74.5 Å². The summed E-state index contributed by atoms with van der Waals surface area (Å²) >= 11 is 0. The zero-order chi connectivity index (χ0) is 22.5. The summed E-state index contributed by atoms with van der Waals surface area (Å²) in [6, 6.07) is 18.0. The molecule has 2 N–H and O–H groups in total. The summed E-state index contributed by atoms with van der Waals surface area (Å²) < 4.78 is 10.6. The molecule has 7 nitrogen and oxygen atoms in total. The molecule has 0 bridgehead atoms. The Morgan fingerprint density at radius 2 is 1.48 bits per heavy atom. The van der Waals surface area contributed by atoms with Gasteiger partial charge in [-0.15, -0.1) is 0 Å². The Labute approximate surface area is 183 Å². The van der Waals surface area contributed by atoms with Crippen molar-refractivity contribution < 1.29 is 23.9 Å². The van der Waals surface area contributed by atoms with Gasteiger partial charge in [0, 0.05) is 0 Å². The van der Waals surface area contributed by atoms with Crippen LogP contribution < -0.4 is 10.6 Å². The molecule has 0 saturated carbocycles. The van der Waals surface area contributed by atoms with Crippen molar-refractivity contribution in [1.82, 2.24) is 10.6 Å².